The zero-order valence-corrected chi connectivity index (χ0v) is 5.31. The largest absolute Gasteiger partial charge is 1.00 e. The van der Waals surface area contributed by atoms with Gasteiger partial charge in [0.05, 0.1) is 14.9 Å². The molecule has 0 heterocycles. The summed E-state index contributed by atoms with van der Waals surface area (Å²) in [5, 5.41) is 0. The Kier molecular flexibility index (Phi) is 42.5. The molecule has 0 aliphatic rings. The molecular weight excluding hydrogens is 154 g/mol. The number of hydrogen-bond acceptors (Lipinski definition) is 4. The van der Waals surface area contributed by atoms with Crippen LogP contribution in [-0.2, 0) is 0 Å². The molecule has 0 aromatic heterocycles. The minimum absolute atomic E-state index is 0. The van der Waals surface area contributed by atoms with Crippen molar-refractivity contribution in [3.05, 3.63) is 0 Å². The minimum atomic E-state index is -4.69. The molecule has 0 aliphatic heterocycles. The van der Waals surface area contributed by atoms with Crippen LogP contribution in [0.3, 0.4) is 0 Å². The number of rotatable bonds is 0. The zero-order valence-electron chi connectivity index (χ0n) is 5.55. The fraction of sp³-hybridized carbons (Fsp3) is 0. The van der Waals surface area contributed by atoms with Gasteiger partial charge in [0.25, 0.3) is 0 Å². The van der Waals surface area contributed by atoms with Crippen LogP contribution in [-0.4, -0.2) is 21.1 Å². The monoisotopic (exact) mass is 162 g/mol. The zero-order chi connectivity index (χ0) is 4.50. The topological polar surface area (TPSA) is 184 Å². The molecule has 0 radical (unpaired) electrons. The van der Waals surface area contributed by atoms with Crippen LogP contribution >= 0.6 is 0 Å². The fourth-order valence-corrected chi connectivity index (χ4v) is 0. The molecule has 0 spiro atoms. The Labute approximate surface area is 66.2 Å². The molecule has 0 aliphatic carbocycles. The first kappa shape index (κ1) is 33.5. The first-order chi connectivity index (χ1) is 2.00. The van der Waals surface area contributed by atoms with E-state index in [1.165, 1.54) is 0 Å². The minimum Gasteiger partial charge on any atom is -1.00 e. The molecule has 9 heteroatoms. The average Bonchev–Trinajstić information content (AvgIpc) is 0.722. The molecule has 9 heavy (non-hydrogen) atoms. The van der Waals surface area contributed by atoms with Gasteiger partial charge in [0.1, 0.15) is 0 Å². The Hall–Kier alpha value is 0.607. The van der Waals surface area contributed by atoms with Gasteiger partial charge in [-0.3, -0.25) is 0 Å². The van der Waals surface area contributed by atoms with Crippen molar-refractivity contribution in [1.82, 2.24) is 0 Å². The van der Waals surface area contributed by atoms with Crippen molar-refractivity contribution >= 4 is 0 Å². The average molecular weight is 162 g/mol. The van der Waals surface area contributed by atoms with Crippen molar-refractivity contribution in [2.75, 3.05) is 0 Å². The molecular formula is H8ClLiO7. The molecule has 0 atom stereocenters. The van der Waals surface area contributed by atoms with Gasteiger partial charge in [-0.05, 0) is 0 Å². The first-order valence-electron chi connectivity index (χ1n) is 0.632. The van der Waals surface area contributed by atoms with E-state index in [1.807, 2.05) is 0 Å². The predicted molar refractivity (Wildman–Crippen MR) is 14.2 cm³/mol. The number of halogens is 1. The number of hydrogen-bond donors (Lipinski definition) is 1. The van der Waals surface area contributed by atoms with E-state index < -0.39 is 10.2 Å². The standard InChI is InChI=1S/ClHO4.Li.3H2O.H/c2-1(3,4)5;;;;;/h(H,2,3,4,5);;3*1H2;/q;+1;;;;-1. The summed E-state index contributed by atoms with van der Waals surface area (Å²) in [4.78, 5) is 0. The second kappa shape index (κ2) is 11.4. The molecule has 0 saturated heterocycles. The Morgan fingerprint density at radius 3 is 1.00 bits per heavy atom. The molecule has 0 aromatic rings. The van der Waals surface area contributed by atoms with Crippen molar-refractivity contribution in [2.45, 2.75) is 0 Å². The summed E-state index contributed by atoms with van der Waals surface area (Å²) in [6, 6.07) is 0. The molecule has 0 amide bonds. The van der Waals surface area contributed by atoms with Crippen LogP contribution in [0.2, 0.25) is 0 Å². The van der Waals surface area contributed by atoms with Crippen LogP contribution < -0.4 is 32.8 Å². The smallest absolute Gasteiger partial charge is 1.00 e. The Balaban J connectivity index is -0.00000000800. The molecule has 7 N–H and O–H groups in total. The maximum absolute atomic E-state index is 8.60. The third kappa shape index (κ3) is 1020. The van der Waals surface area contributed by atoms with Crippen molar-refractivity contribution < 1.29 is 65.6 Å². The van der Waals surface area contributed by atoms with E-state index in [0.717, 1.165) is 0 Å². The summed E-state index contributed by atoms with van der Waals surface area (Å²) < 4.78 is 32.7. The molecule has 0 aromatic carbocycles. The van der Waals surface area contributed by atoms with Crippen molar-refractivity contribution in [3.8, 4) is 0 Å². The van der Waals surface area contributed by atoms with Gasteiger partial charge in [-0.15, -0.1) is 0 Å². The molecule has 7 nitrogen and oxygen atoms in total. The van der Waals surface area contributed by atoms with Gasteiger partial charge in [-0.1, -0.05) is 0 Å². The van der Waals surface area contributed by atoms with Crippen LogP contribution in [0.25, 0.3) is 0 Å². The van der Waals surface area contributed by atoms with Crippen molar-refractivity contribution in [2.24, 2.45) is 0 Å². The molecule has 58 valence electrons. The third-order valence-electron chi connectivity index (χ3n) is 0. The summed E-state index contributed by atoms with van der Waals surface area (Å²) in [6.07, 6.45) is 0. The normalized spacial score (nSPS) is 6.67. The van der Waals surface area contributed by atoms with E-state index in [1.54, 1.807) is 0 Å². The maximum atomic E-state index is 8.60. The van der Waals surface area contributed by atoms with Crippen molar-refractivity contribution in [3.63, 3.8) is 0 Å². The molecule has 0 bridgehead atoms. The third-order valence-corrected chi connectivity index (χ3v) is 0. The molecule has 0 saturated carbocycles. The maximum Gasteiger partial charge on any atom is 1.00 e. The van der Waals surface area contributed by atoms with E-state index in [9.17, 15) is 0 Å². The van der Waals surface area contributed by atoms with Crippen LogP contribution in [0.1, 0.15) is 1.43 Å². The second-order valence-corrected chi connectivity index (χ2v) is 1.19. The van der Waals surface area contributed by atoms with Gasteiger partial charge in [0, 0.05) is 0 Å². The van der Waals surface area contributed by atoms with E-state index in [4.69, 9.17) is 18.6 Å². The summed E-state index contributed by atoms with van der Waals surface area (Å²) >= 11 is 0. The SMILES string of the molecule is O.O.O.[H-].[Li+].[O-][Cl+3]([O-])([O-])O. The van der Waals surface area contributed by atoms with Crippen LogP contribution in [0.15, 0.2) is 0 Å². The second-order valence-electron chi connectivity index (χ2n) is 0.396. The van der Waals surface area contributed by atoms with Crippen LogP contribution in [0.4, 0.5) is 0 Å². The van der Waals surface area contributed by atoms with Crippen molar-refractivity contribution in [1.29, 1.82) is 0 Å². The van der Waals surface area contributed by atoms with Crippen LogP contribution in [0.5, 0.6) is 0 Å². The van der Waals surface area contributed by atoms with Gasteiger partial charge >= 0.3 is 18.9 Å². The van der Waals surface area contributed by atoms with Gasteiger partial charge in [0.2, 0.25) is 0 Å². The van der Waals surface area contributed by atoms with E-state index in [0.29, 0.717) is 0 Å². The van der Waals surface area contributed by atoms with E-state index in [-0.39, 0.29) is 36.7 Å². The Bertz CT molecular complexity index is 29.1. The Morgan fingerprint density at radius 2 is 1.00 bits per heavy atom. The fourth-order valence-electron chi connectivity index (χ4n) is 0. The molecule has 0 unspecified atom stereocenters. The van der Waals surface area contributed by atoms with Crippen LogP contribution in [0, 0.1) is 10.2 Å². The summed E-state index contributed by atoms with van der Waals surface area (Å²) in [7, 11) is -4.69. The van der Waals surface area contributed by atoms with Gasteiger partial charge in [-0.25, -0.2) is 0 Å². The quantitative estimate of drug-likeness (QED) is 0.347. The predicted octanol–water partition coefficient (Wildman–Crippen LogP) is -9.48. The van der Waals surface area contributed by atoms with E-state index in [2.05, 4.69) is 0 Å². The summed E-state index contributed by atoms with van der Waals surface area (Å²) in [5.41, 5.74) is 0. The first-order valence-corrected chi connectivity index (χ1v) is 1.90. The molecule has 0 fully saturated rings. The van der Waals surface area contributed by atoms with Gasteiger partial charge in [-0.2, -0.15) is 14.0 Å². The summed E-state index contributed by atoms with van der Waals surface area (Å²) in [6.45, 7) is 0. The van der Waals surface area contributed by atoms with E-state index >= 15 is 0 Å². The van der Waals surface area contributed by atoms with Gasteiger partial charge < -0.3 is 17.9 Å². The van der Waals surface area contributed by atoms with Gasteiger partial charge in [0.15, 0.2) is 0 Å². The summed E-state index contributed by atoms with van der Waals surface area (Å²) in [5.74, 6) is 0. The Morgan fingerprint density at radius 1 is 1.00 bits per heavy atom. The molecule has 0 rings (SSSR count).